The maximum Gasteiger partial charge on any atom is 0.355 e. The molecule has 3 aromatic carbocycles. The van der Waals surface area contributed by atoms with Gasteiger partial charge in [0.25, 0.3) is 5.91 Å². The zero-order chi connectivity index (χ0) is 24.1. The van der Waals surface area contributed by atoms with Gasteiger partial charge in [-0.25, -0.2) is 10.2 Å². The number of esters is 1. The molecule has 34 heavy (non-hydrogen) atoms. The van der Waals surface area contributed by atoms with Crippen molar-refractivity contribution >= 4 is 51.1 Å². The van der Waals surface area contributed by atoms with Crippen LogP contribution in [0.2, 0.25) is 5.02 Å². The Kier molecular flexibility index (Phi) is 7.25. The van der Waals surface area contributed by atoms with E-state index in [1.807, 2.05) is 56.3 Å². The van der Waals surface area contributed by atoms with Gasteiger partial charge in [0.05, 0.1) is 11.2 Å². The molecule has 0 saturated carbocycles. The molecule has 0 aliphatic rings. The number of aryl methyl sites for hydroxylation is 2. The van der Waals surface area contributed by atoms with E-state index in [0.29, 0.717) is 21.4 Å². The number of hydrogen-bond acceptors (Lipinski definition) is 6. The quantitative estimate of drug-likeness (QED) is 0.150. The number of halogens is 1. The predicted molar refractivity (Wildman–Crippen MR) is 135 cm³/mol. The van der Waals surface area contributed by atoms with E-state index in [-0.39, 0.29) is 12.5 Å². The number of carbonyl (C=O) groups is 2. The third-order valence-corrected chi connectivity index (χ3v) is 6.72. The molecule has 0 aliphatic carbocycles. The van der Waals surface area contributed by atoms with E-state index in [1.165, 1.54) is 17.6 Å². The van der Waals surface area contributed by atoms with Gasteiger partial charge in [0.2, 0.25) is 0 Å². The molecule has 0 atom stereocenters. The summed E-state index contributed by atoms with van der Waals surface area (Å²) < 4.78 is 11.9. The number of hydrazone groups is 1. The van der Waals surface area contributed by atoms with E-state index in [1.54, 1.807) is 24.3 Å². The Morgan fingerprint density at radius 1 is 1.00 bits per heavy atom. The van der Waals surface area contributed by atoms with Crippen molar-refractivity contribution in [3.63, 3.8) is 0 Å². The lowest BCUT2D eigenvalue weighted by atomic mass is 10.1. The molecule has 0 saturated heterocycles. The van der Waals surface area contributed by atoms with Crippen molar-refractivity contribution in [2.24, 2.45) is 5.10 Å². The number of hydrogen-bond donors (Lipinski definition) is 1. The van der Waals surface area contributed by atoms with Gasteiger partial charge in [-0.15, -0.1) is 11.3 Å². The summed E-state index contributed by atoms with van der Waals surface area (Å²) in [5, 5.41) is 5.15. The maximum atomic E-state index is 12.6. The van der Waals surface area contributed by atoms with Crippen LogP contribution in [0.4, 0.5) is 0 Å². The van der Waals surface area contributed by atoms with Crippen molar-refractivity contribution in [1.29, 1.82) is 0 Å². The third kappa shape index (κ3) is 5.62. The Hall–Kier alpha value is -3.68. The number of benzene rings is 3. The molecular formula is C26H21ClN2O4S. The Balaban J connectivity index is 1.29. The van der Waals surface area contributed by atoms with Crippen LogP contribution in [0.5, 0.6) is 11.5 Å². The van der Waals surface area contributed by atoms with Crippen LogP contribution < -0.4 is 14.9 Å². The van der Waals surface area contributed by atoms with Gasteiger partial charge in [-0.1, -0.05) is 35.9 Å². The molecule has 0 aliphatic heterocycles. The van der Waals surface area contributed by atoms with E-state index in [0.717, 1.165) is 26.8 Å². The molecule has 6 nitrogen and oxygen atoms in total. The first-order valence-electron chi connectivity index (χ1n) is 10.4. The van der Waals surface area contributed by atoms with Crippen molar-refractivity contribution in [1.82, 2.24) is 5.43 Å². The molecule has 172 valence electrons. The van der Waals surface area contributed by atoms with Gasteiger partial charge in [-0.2, -0.15) is 5.10 Å². The number of nitrogens with zero attached hydrogens (tertiary/aromatic N) is 1. The Bertz CT molecular complexity index is 1380. The van der Waals surface area contributed by atoms with Gasteiger partial charge in [0, 0.05) is 10.1 Å². The van der Waals surface area contributed by atoms with Crippen LogP contribution in [0.3, 0.4) is 0 Å². The molecule has 0 bridgehead atoms. The number of fused-ring (bicyclic) bond motifs is 1. The summed E-state index contributed by atoms with van der Waals surface area (Å²) in [5.41, 5.74) is 5.39. The molecular weight excluding hydrogens is 472 g/mol. The first-order valence-corrected chi connectivity index (χ1v) is 11.6. The summed E-state index contributed by atoms with van der Waals surface area (Å²) in [6, 6.07) is 19.9. The molecule has 1 heterocycles. The normalized spacial score (nSPS) is 11.0. The molecule has 1 aromatic heterocycles. The summed E-state index contributed by atoms with van der Waals surface area (Å²) in [7, 11) is 0. The minimum absolute atomic E-state index is 0.144. The molecule has 8 heteroatoms. The molecule has 4 rings (SSSR count). The first-order chi connectivity index (χ1) is 16.4. The lowest BCUT2D eigenvalue weighted by Gasteiger charge is -2.07. The standard InChI is InChI=1S/C26H21ClN2O4S/c1-16-7-10-20(13-17(16)2)32-15-23(30)29-28-14-18-8-11-19(12-9-18)33-26(31)25-24(27)21-5-3-4-6-22(21)34-25/h3-14H,15H2,1-2H3,(H,29,30)/b28-14+. The summed E-state index contributed by atoms with van der Waals surface area (Å²) in [4.78, 5) is 24.9. The highest BCUT2D eigenvalue weighted by molar-refractivity contribution is 7.21. The SMILES string of the molecule is Cc1ccc(OCC(=O)N/N=C/c2ccc(OC(=O)c3sc4ccccc4c3Cl)cc2)cc1C. The van der Waals surface area contributed by atoms with E-state index in [4.69, 9.17) is 21.1 Å². The summed E-state index contributed by atoms with van der Waals surface area (Å²) in [6.07, 6.45) is 1.49. The van der Waals surface area contributed by atoms with Crippen molar-refractivity contribution in [2.45, 2.75) is 13.8 Å². The average Bonchev–Trinajstić information content (AvgIpc) is 3.18. The highest BCUT2D eigenvalue weighted by atomic mass is 35.5. The molecule has 0 radical (unpaired) electrons. The van der Waals surface area contributed by atoms with Crippen LogP contribution in [0.25, 0.3) is 10.1 Å². The number of nitrogens with one attached hydrogen (secondary N) is 1. The second-order valence-electron chi connectivity index (χ2n) is 7.53. The summed E-state index contributed by atoms with van der Waals surface area (Å²) >= 11 is 7.64. The van der Waals surface area contributed by atoms with Gasteiger partial charge >= 0.3 is 5.97 Å². The summed E-state index contributed by atoms with van der Waals surface area (Å²) in [5.74, 6) is 0.120. The second kappa shape index (κ2) is 10.5. The number of rotatable bonds is 7. The van der Waals surface area contributed by atoms with Crippen LogP contribution in [-0.2, 0) is 4.79 Å². The van der Waals surface area contributed by atoms with Crippen LogP contribution in [0.15, 0.2) is 71.8 Å². The molecule has 1 amide bonds. The molecule has 0 spiro atoms. The van der Waals surface area contributed by atoms with Crippen LogP contribution >= 0.6 is 22.9 Å². The smallest absolute Gasteiger partial charge is 0.355 e. The van der Waals surface area contributed by atoms with E-state index >= 15 is 0 Å². The number of carbonyl (C=O) groups excluding carboxylic acids is 2. The van der Waals surface area contributed by atoms with Crippen molar-refractivity contribution < 1.29 is 19.1 Å². The van der Waals surface area contributed by atoms with Gasteiger partial charge in [0.1, 0.15) is 16.4 Å². The average molecular weight is 493 g/mol. The predicted octanol–water partition coefficient (Wildman–Crippen LogP) is 5.92. The minimum Gasteiger partial charge on any atom is -0.484 e. The van der Waals surface area contributed by atoms with Gasteiger partial charge in [-0.3, -0.25) is 4.79 Å². The molecule has 0 fully saturated rings. The molecule has 1 N–H and O–H groups in total. The zero-order valence-corrected chi connectivity index (χ0v) is 20.1. The van der Waals surface area contributed by atoms with Crippen LogP contribution in [0, 0.1) is 13.8 Å². The van der Waals surface area contributed by atoms with E-state index in [9.17, 15) is 9.59 Å². The highest BCUT2D eigenvalue weighted by Gasteiger charge is 2.18. The Labute approximate surface area is 205 Å². The lowest BCUT2D eigenvalue weighted by Crippen LogP contribution is -2.24. The largest absolute Gasteiger partial charge is 0.484 e. The Morgan fingerprint density at radius 3 is 2.47 bits per heavy atom. The van der Waals surface area contributed by atoms with Crippen LogP contribution in [0.1, 0.15) is 26.4 Å². The molecule has 4 aromatic rings. The number of amides is 1. The van der Waals surface area contributed by atoms with Crippen molar-refractivity contribution in [2.75, 3.05) is 6.61 Å². The third-order valence-electron chi connectivity index (χ3n) is 5.06. The Morgan fingerprint density at radius 2 is 1.74 bits per heavy atom. The van der Waals surface area contributed by atoms with Crippen molar-refractivity contribution in [3.8, 4) is 11.5 Å². The van der Waals surface area contributed by atoms with E-state index < -0.39 is 5.97 Å². The number of ether oxygens (including phenoxy) is 2. The van der Waals surface area contributed by atoms with Gasteiger partial charge in [0.15, 0.2) is 6.61 Å². The van der Waals surface area contributed by atoms with Crippen LogP contribution in [-0.4, -0.2) is 24.7 Å². The van der Waals surface area contributed by atoms with E-state index in [2.05, 4.69) is 10.5 Å². The maximum absolute atomic E-state index is 12.6. The number of thiophene rings is 1. The van der Waals surface area contributed by atoms with Crippen molar-refractivity contribution in [3.05, 3.63) is 93.3 Å². The molecule has 0 unspecified atom stereocenters. The lowest BCUT2D eigenvalue weighted by molar-refractivity contribution is -0.123. The topological polar surface area (TPSA) is 77.0 Å². The zero-order valence-electron chi connectivity index (χ0n) is 18.5. The second-order valence-corrected chi connectivity index (χ2v) is 8.96. The monoisotopic (exact) mass is 492 g/mol. The van der Waals surface area contributed by atoms with Gasteiger partial charge < -0.3 is 9.47 Å². The highest BCUT2D eigenvalue weighted by Crippen LogP contribution is 2.35. The van der Waals surface area contributed by atoms with Gasteiger partial charge in [-0.05, 0) is 73.0 Å². The first kappa shape index (κ1) is 23.5. The minimum atomic E-state index is -0.511. The summed E-state index contributed by atoms with van der Waals surface area (Å²) in [6.45, 7) is 3.85. The fourth-order valence-corrected chi connectivity index (χ4v) is 4.47. The fourth-order valence-electron chi connectivity index (χ4n) is 3.08. The fraction of sp³-hybridized carbons (Fsp3) is 0.115.